The van der Waals surface area contributed by atoms with E-state index in [4.69, 9.17) is 0 Å². The van der Waals surface area contributed by atoms with Crippen molar-refractivity contribution in [3.05, 3.63) is 28.1 Å². The minimum Gasteiger partial charge on any atom is -0.348 e. The van der Waals surface area contributed by atoms with Crippen LogP contribution in [0.3, 0.4) is 0 Å². The number of amides is 1. The normalized spacial score (nSPS) is 33.4. The Kier molecular flexibility index (Phi) is 4.02. The van der Waals surface area contributed by atoms with Gasteiger partial charge in [-0.25, -0.2) is 4.98 Å². The van der Waals surface area contributed by atoms with Crippen LogP contribution in [0.25, 0.3) is 9.88 Å². The highest BCUT2D eigenvalue weighted by Gasteiger charge is 2.53. The predicted octanol–water partition coefficient (Wildman–Crippen LogP) is 5.51. The lowest BCUT2D eigenvalue weighted by Gasteiger charge is -2.59. The number of hydrogen-bond acceptors (Lipinski definition) is 4. The van der Waals surface area contributed by atoms with E-state index in [1.54, 1.807) is 11.3 Å². The molecule has 2 aromatic rings. The van der Waals surface area contributed by atoms with Crippen molar-refractivity contribution in [2.24, 2.45) is 23.2 Å². The molecular weight excluding hydrogens is 360 g/mol. The first kappa shape index (κ1) is 16.9. The molecular formula is C21H26N2OS2. The smallest absolute Gasteiger partial charge is 0.263 e. The van der Waals surface area contributed by atoms with E-state index in [-0.39, 0.29) is 11.9 Å². The standard InChI is InChI=1S/C21H26N2OS2/c1-12-18(26-20(22-12)17-4-3-5-25-17)19(24)23-13(2)21-9-14-6-15(10-21)8-16(7-14)11-21/h3-5,13-16H,6-11H2,1-2H3,(H,23,24)/t13-,14?,15?,16?,21?/m1/s1. The van der Waals surface area contributed by atoms with Gasteiger partial charge < -0.3 is 5.32 Å². The molecule has 5 heteroatoms. The average molecular weight is 387 g/mol. The maximum atomic E-state index is 13.0. The monoisotopic (exact) mass is 386 g/mol. The number of nitrogens with zero attached hydrogens (tertiary/aromatic N) is 1. The van der Waals surface area contributed by atoms with Crippen LogP contribution in [-0.4, -0.2) is 16.9 Å². The number of thiazole rings is 1. The Hall–Kier alpha value is -1.20. The van der Waals surface area contributed by atoms with E-state index in [2.05, 4.69) is 28.7 Å². The van der Waals surface area contributed by atoms with Crippen LogP contribution < -0.4 is 5.32 Å². The van der Waals surface area contributed by atoms with Gasteiger partial charge in [0.1, 0.15) is 9.88 Å². The van der Waals surface area contributed by atoms with E-state index in [0.717, 1.165) is 38.2 Å². The van der Waals surface area contributed by atoms with E-state index in [1.165, 1.54) is 49.9 Å². The second-order valence-electron chi connectivity index (χ2n) is 8.89. The molecule has 0 spiro atoms. The summed E-state index contributed by atoms with van der Waals surface area (Å²) in [4.78, 5) is 19.6. The minimum absolute atomic E-state index is 0.0750. The third-order valence-corrected chi connectivity index (χ3v) is 9.28. The molecule has 4 bridgehead atoms. The Morgan fingerprint density at radius 2 is 1.88 bits per heavy atom. The number of rotatable bonds is 4. The Morgan fingerprint density at radius 1 is 1.23 bits per heavy atom. The summed E-state index contributed by atoms with van der Waals surface area (Å²) in [6, 6.07) is 4.36. The molecule has 138 valence electrons. The molecule has 4 saturated carbocycles. The van der Waals surface area contributed by atoms with Gasteiger partial charge in [-0.2, -0.15) is 0 Å². The fourth-order valence-corrected chi connectivity index (χ4v) is 8.00. The van der Waals surface area contributed by atoms with Gasteiger partial charge >= 0.3 is 0 Å². The van der Waals surface area contributed by atoms with Gasteiger partial charge in [-0.1, -0.05) is 6.07 Å². The molecule has 4 fully saturated rings. The Morgan fingerprint density at radius 3 is 2.46 bits per heavy atom. The van der Waals surface area contributed by atoms with Crippen molar-refractivity contribution in [1.29, 1.82) is 0 Å². The number of aromatic nitrogens is 1. The molecule has 1 amide bonds. The maximum Gasteiger partial charge on any atom is 0.263 e. The largest absolute Gasteiger partial charge is 0.348 e. The number of carbonyl (C=O) groups excluding carboxylic acids is 1. The van der Waals surface area contributed by atoms with Crippen molar-refractivity contribution in [2.75, 3.05) is 0 Å². The zero-order valence-corrected chi connectivity index (χ0v) is 17.1. The molecule has 0 aliphatic heterocycles. The lowest BCUT2D eigenvalue weighted by molar-refractivity contribution is -0.0687. The molecule has 1 atom stereocenters. The van der Waals surface area contributed by atoms with Crippen LogP contribution >= 0.6 is 22.7 Å². The van der Waals surface area contributed by atoms with E-state index in [1.807, 2.05) is 13.0 Å². The summed E-state index contributed by atoms with van der Waals surface area (Å²) in [6.45, 7) is 4.21. The number of aryl methyl sites for hydroxylation is 1. The summed E-state index contributed by atoms with van der Waals surface area (Å²) in [5, 5.41) is 6.41. The molecule has 26 heavy (non-hydrogen) atoms. The number of nitrogens with one attached hydrogen (secondary N) is 1. The van der Waals surface area contributed by atoms with Crippen LogP contribution in [0.15, 0.2) is 17.5 Å². The van der Waals surface area contributed by atoms with Gasteiger partial charge in [0, 0.05) is 6.04 Å². The molecule has 4 aliphatic carbocycles. The second-order valence-corrected chi connectivity index (χ2v) is 10.8. The summed E-state index contributed by atoms with van der Waals surface area (Å²) in [6.07, 6.45) is 8.29. The van der Waals surface area contributed by atoms with Crippen LogP contribution in [0.2, 0.25) is 0 Å². The first-order valence-electron chi connectivity index (χ1n) is 9.84. The van der Waals surface area contributed by atoms with Gasteiger partial charge in [0.05, 0.1) is 10.6 Å². The van der Waals surface area contributed by atoms with Crippen LogP contribution in [-0.2, 0) is 0 Å². The van der Waals surface area contributed by atoms with Gasteiger partial charge in [-0.3, -0.25) is 4.79 Å². The molecule has 0 aromatic carbocycles. The summed E-state index contributed by atoms with van der Waals surface area (Å²) < 4.78 is 0. The molecule has 3 nitrogen and oxygen atoms in total. The first-order chi connectivity index (χ1) is 12.5. The molecule has 2 aromatic heterocycles. The summed E-state index contributed by atoms with van der Waals surface area (Å²) in [5.41, 5.74) is 1.20. The van der Waals surface area contributed by atoms with Crippen LogP contribution in [0.5, 0.6) is 0 Å². The Labute approximate surface area is 163 Å². The molecule has 2 heterocycles. The average Bonchev–Trinajstić information content (AvgIpc) is 3.22. The maximum absolute atomic E-state index is 13.0. The van der Waals surface area contributed by atoms with Gasteiger partial charge in [0.2, 0.25) is 0 Å². The van der Waals surface area contributed by atoms with Gasteiger partial charge in [-0.15, -0.1) is 22.7 Å². The quantitative estimate of drug-likeness (QED) is 0.752. The van der Waals surface area contributed by atoms with Crippen LogP contribution in [0.4, 0.5) is 0 Å². The van der Waals surface area contributed by atoms with E-state index >= 15 is 0 Å². The van der Waals surface area contributed by atoms with Crippen molar-refractivity contribution in [3.8, 4) is 9.88 Å². The highest BCUT2D eigenvalue weighted by molar-refractivity contribution is 7.22. The first-order valence-corrected chi connectivity index (χ1v) is 11.5. The van der Waals surface area contributed by atoms with E-state index < -0.39 is 0 Å². The molecule has 1 N–H and O–H groups in total. The van der Waals surface area contributed by atoms with Gasteiger partial charge in [0.25, 0.3) is 5.91 Å². The zero-order chi connectivity index (χ0) is 17.9. The molecule has 4 aliphatic rings. The van der Waals surface area contributed by atoms with Gasteiger partial charge in [-0.05, 0) is 87.0 Å². The number of hydrogen-bond donors (Lipinski definition) is 1. The van der Waals surface area contributed by atoms with E-state index in [9.17, 15) is 4.79 Å². The van der Waals surface area contributed by atoms with Crippen LogP contribution in [0, 0.1) is 30.1 Å². The third-order valence-electron chi connectivity index (χ3n) is 7.09. The Bertz CT molecular complexity index is 788. The van der Waals surface area contributed by atoms with E-state index in [0.29, 0.717) is 5.41 Å². The lowest BCUT2D eigenvalue weighted by atomic mass is 9.48. The van der Waals surface area contributed by atoms with Crippen molar-refractivity contribution < 1.29 is 4.79 Å². The number of carbonyl (C=O) groups is 1. The van der Waals surface area contributed by atoms with Crippen molar-refractivity contribution in [1.82, 2.24) is 10.3 Å². The molecule has 0 saturated heterocycles. The summed E-state index contributed by atoms with van der Waals surface area (Å²) in [5.74, 6) is 2.81. The second kappa shape index (κ2) is 6.16. The highest BCUT2D eigenvalue weighted by atomic mass is 32.1. The predicted molar refractivity (Wildman–Crippen MR) is 108 cm³/mol. The highest BCUT2D eigenvalue weighted by Crippen LogP contribution is 2.61. The van der Waals surface area contributed by atoms with Crippen molar-refractivity contribution >= 4 is 28.6 Å². The van der Waals surface area contributed by atoms with Crippen LogP contribution in [0.1, 0.15) is 60.8 Å². The molecule has 0 radical (unpaired) electrons. The fraction of sp³-hybridized carbons (Fsp3) is 0.619. The molecule has 0 unspecified atom stereocenters. The zero-order valence-electron chi connectivity index (χ0n) is 15.5. The Balaban J connectivity index is 1.34. The molecule has 6 rings (SSSR count). The minimum atomic E-state index is 0.0750. The van der Waals surface area contributed by atoms with Crippen molar-refractivity contribution in [3.63, 3.8) is 0 Å². The topological polar surface area (TPSA) is 42.0 Å². The summed E-state index contributed by atoms with van der Waals surface area (Å²) >= 11 is 3.21. The SMILES string of the molecule is Cc1nc(-c2cccs2)sc1C(=O)N[C@H](C)C12CC3CC(CC(C3)C1)C2. The lowest BCUT2D eigenvalue weighted by Crippen LogP contribution is -2.55. The van der Waals surface area contributed by atoms with Gasteiger partial charge in [0.15, 0.2) is 0 Å². The third kappa shape index (κ3) is 2.75. The summed E-state index contributed by atoms with van der Waals surface area (Å²) in [7, 11) is 0. The number of thiophene rings is 1. The van der Waals surface area contributed by atoms with Crippen molar-refractivity contribution in [2.45, 2.75) is 58.4 Å². The fourth-order valence-electron chi connectivity index (χ4n) is 6.24.